The highest BCUT2D eigenvalue weighted by molar-refractivity contribution is 6.03. The first-order valence-corrected chi connectivity index (χ1v) is 18.5. The first kappa shape index (κ1) is 38.1. The van der Waals surface area contributed by atoms with Gasteiger partial charge in [-0.25, -0.2) is 24.5 Å². The average Bonchev–Trinajstić information content (AvgIpc) is 4.02. The second kappa shape index (κ2) is 16.6. The molecule has 2 saturated heterocycles. The minimum absolute atomic E-state index is 0.100. The molecule has 3 aromatic rings. The summed E-state index contributed by atoms with van der Waals surface area (Å²) in [6.45, 7) is 8.78. The standard InChI is InChI=1S/C39H49N9O6/c1-22(2)32(45-38(51)53-5)36(49)47-15-7-9-30(47)28-17-26(18-40-28)27-19-41-34(42-20-27)25-13-11-24(12-14-25)29-21-43-35(44-29)31-10-8-16-48(31)37(50)33(23(3)4)46-39(52)54-6/h11-14,18-23,30-33H,7-10,15-17H2,1-6H3,(H,43,44)(H,45,51)(H,46,52)/t30-,31-,32-,33-/m0/s1. The summed E-state index contributed by atoms with van der Waals surface area (Å²) in [7, 11) is 2.57. The molecule has 3 aliphatic rings. The second-order valence-corrected chi connectivity index (χ2v) is 14.6. The van der Waals surface area contributed by atoms with Crippen molar-refractivity contribution in [1.29, 1.82) is 0 Å². The molecule has 6 rings (SSSR count). The van der Waals surface area contributed by atoms with E-state index in [0.717, 1.165) is 59.4 Å². The summed E-state index contributed by atoms with van der Waals surface area (Å²) in [6, 6.07) is 6.16. The van der Waals surface area contributed by atoms with Crippen LogP contribution in [0.2, 0.25) is 0 Å². The van der Waals surface area contributed by atoms with Gasteiger partial charge in [-0.05, 0) is 48.7 Å². The monoisotopic (exact) mass is 739 g/mol. The van der Waals surface area contributed by atoms with E-state index < -0.39 is 24.3 Å². The molecule has 5 heterocycles. The molecule has 4 atom stereocenters. The van der Waals surface area contributed by atoms with Gasteiger partial charge in [0.2, 0.25) is 11.8 Å². The van der Waals surface area contributed by atoms with Crippen molar-refractivity contribution in [2.75, 3.05) is 27.3 Å². The van der Waals surface area contributed by atoms with Gasteiger partial charge in [0, 0.05) is 54.9 Å². The van der Waals surface area contributed by atoms with Crippen molar-refractivity contribution in [3.63, 3.8) is 0 Å². The summed E-state index contributed by atoms with van der Waals surface area (Å²) in [4.78, 5) is 76.6. The quantitative estimate of drug-likeness (QED) is 0.240. The summed E-state index contributed by atoms with van der Waals surface area (Å²) in [5, 5.41) is 5.38. The molecule has 0 spiro atoms. The number of hydrogen-bond acceptors (Lipinski definition) is 10. The lowest BCUT2D eigenvalue weighted by molar-refractivity contribution is -0.135. The van der Waals surface area contributed by atoms with Crippen LogP contribution in [0.15, 0.2) is 54.0 Å². The third-order valence-corrected chi connectivity index (χ3v) is 10.4. The van der Waals surface area contributed by atoms with Gasteiger partial charge in [0.15, 0.2) is 5.82 Å². The van der Waals surface area contributed by atoms with Gasteiger partial charge in [-0.1, -0.05) is 52.0 Å². The number of hydrogen-bond donors (Lipinski definition) is 3. The Morgan fingerprint density at radius 2 is 1.28 bits per heavy atom. The third kappa shape index (κ3) is 8.14. The fourth-order valence-corrected chi connectivity index (χ4v) is 7.37. The van der Waals surface area contributed by atoms with Crippen LogP contribution in [0.3, 0.4) is 0 Å². The Hall–Kier alpha value is -5.60. The number of likely N-dealkylation sites (tertiary alicyclic amines) is 2. The SMILES string of the molecule is COC(=O)N[C@H](C(=O)N1CCC[C@H]1C1=NC=C(c2cnc(-c3ccc(-c4cnc([C@@H]5CCCN5C(=O)[C@@H](NC(=O)OC)C(C)C)[nH]4)cc3)nc2)C1)C(C)C. The molecule has 3 N–H and O–H groups in total. The molecule has 15 heteroatoms. The molecule has 286 valence electrons. The number of H-pyrrole nitrogens is 1. The van der Waals surface area contributed by atoms with Gasteiger partial charge in [-0.2, -0.15) is 0 Å². The zero-order valence-corrected chi connectivity index (χ0v) is 31.7. The van der Waals surface area contributed by atoms with Gasteiger partial charge in [-0.15, -0.1) is 0 Å². The Morgan fingerprint density at radius 1 is 0.741 bits per heavy atom. The summed E-state index contributed by atoms with van der Waals surface area (Å²) in [6.07, 6.45) is 9.82. The number of nitrogens with zero attached hydrogens (tertiary/aromatic N) is 6. The molecule has 54 heavy (non-hydrogen) atoms. The molecule has 15 nitrogen and oxygen atoms in total. The van der Waals surface area contributed by atoms with Gasteiger partial charge in [0.1, 0.15) is 17.9 Å². The lowest BCUT2D eigenvalue weighted by Gasteiger charge is -2.31. The number of carbonyl (C=O) groups is 4. The van der Waals surface area contributed by atoms with E-state index in [1.54, 1.807) is 23.5 Å². The number of imidazole rings is 1. The van der Waals surface area contributed by atoms with Crippen LogP contribution in [-0.2, 0) is 19.1 Å². The molecule has 0 aliphatic carbocycles. The van der Waals surface area contributed by atoms with E-state index in [4.69, 9.17) is 14.5 Å². The van der Waals surface area contributed by atoms with Crippen molar-refractivity contribution >= 4 is 35.3 Å². The van der Waals surface area contributed by atoms with Gasteiger partial charge < -0.3 is 34.9 Å². The number of benzene rings is 1. The van der Waals surface area contributed by atoms with Crippen molar-refractivity contribution in [3.8, 4) is 22.6 Å². The number of aromatic amines is 1. The molecule has 0 radical (unpaired) electrons. The molecular weight excluding hydrogens is 690 g/mol. The Labute approximate surface area is 315 Å². The van der Waals surface area contributed by atoms with E-state index in [-0.39, 0.29) is 35.7 Å². The highest BCUT2D eigenvalue weighted by Crippen LogP contribution is 2.34. The minimum atomic E-state index is -0.695. The summed E-state index contributed by atoms with van der Waals surface area (Å²) in [5.74, 6) is 0.800. The fraction of sp³-hybridized carbons (Fsp3) is 0.487. The Kier molecular flexibility index (Phi) is 11.7. The first-order valence-electron chi connectivity index (χ1n) is 18.5. The fourth-order valence-electron chi connectivity index (χ4n) is 7.37. The molecule has 0 bridgehead atoms. The molecule has 0 saturated carbocycles. The number of carbonyl (C=O) groups excluding carboxylic acids is 4. The second-order valence-electron chi connectivity index (χ2n) is 14.6. The molecular formula is C39H49N9O6. The molecule has 4 amide bonds. The van der Waals surface area contributed by atoms with Crippen LogP contribution in [0.4, 0.5) is 9.59 Å². The van der Waals surface area contributed by atoms with Crippen molar-refractivity contribution in [2.24, 2.45) is 16.8 Å². The number of allylic oxidation sites excluding steroid dienone is 1. The van der Waals surface area contributed by atoms with E-state index in [9.17, 15) is 19.2 Å². The number of ether oxygens (including phenoxy) is 2. The third-order valence-electron chi connectivity index (χ3n) is 10.4. The van der Waals surface area contributed by atoms with Crippen molar-refractivity contribution in [1.82, 2.24) is 40.4 Å². The number of amides is 4. The van der Waals surface area contributed by atoms with Gasteiger partial charge >= 0.3 is 12.2 Å². The minimum Gasteiger partial charge on any atom is -0.453 e. The smallest absolute Gasteiger partial charge is 0.407 e. The summed E-state index contributed by atoms with van der Waals surface area (Å²) < 4.78 is 9.50. The number of aromatic nitrogens is 4. The maximum absolute atomic E-state index is 13.5. The Morgan fingerprint density at radius 3 is 1.83 bits per heavy atom. The predicted octanol–water partition coefficient (Wildman–Crippen LogP) is 5.14. The lowest BCUT2D eigenvalue weighted by Crippen LogP contribution is -2.53. The van der Waals surface area contributed by atoms with E-state index in [1.807, 2.05) is 63.1 Å². The molecule has 1 aromatic carbocycles. The number of methoxy groups -OCH3 is 2. The van der Waals surface area contributed by atoms with Crippen LogP contribution >= 0.6 is 0 Å². The van der Waals surface area contributed by atoms with Crippen LogP contribution in [-0.4, -0.2) is 105 Å². The van der Waals surface area contributed by atoms with E-state index in [1.165, 1.54) is 14.2 Å². The van der Waals surface area contributed by atoms with Crippen molar-refractivity contribution in [3.05, 3.63) is 60.4 Å². The summed E-state index contributed by atoms with van der Waals surface area (Å²) >= 11 is 0. The molecule has 0 unspecified atom stereocenters. The van der Waals surface area contributed by atoms with Crippen LogP contribution in [0.5, 0.6) is 0 Å². The van der Waals surface area contributed by atoms with Crippen LogP contribution in [0.25, 0.3) is 28.2 Å². The van der Waals surface area contributed by atoms with E-state index in [0.29, 0.717) is 31.2 Å². The number of alkyl carbamates (subject to hydrolysis) is 2. The molecule has 3 aliphatic heterocycles. The van der Waals surface area contributed by atoms with Crippen molar-refractivity contribution < 1.29 is 28.7 Å². The van der Waals surface area contributed by atoms with Gasteiger partial charge in [-0.3, -0.25) is 14.6 Å². The highest BCUT2D eigenvalue weighted by Gasteiger charge is 2.39. The van der Waals surface area contributed by atoms with Gasteiger partial charge in [0.05, 0.1) is 38.2 Å². The normalized spacial score (nSPS) is 19.4. The van der Waals surface area contributed by atoms with E-state index in [2.05, 4.69) is 30.6 Å². The van der Waals surface area contributed by atoms with Gasteiger partial charge in [0.25, 0.3) is 0 Å². The number of aliphatic imine (C=N–C) groups is 1. The van der Waals surface area contributed by atoms with E-state index >= 15 is 0 Å². The largest absolute Gasteiger partial charge is 0.453 e. The van der Waals surface area contributed by atoms with Crippen LogP contribution < -0.4 is 10.6 Å². The zero-order chi connectivity index (χ0) is 38.5. The Balaban J connectivity index is 1.07. The first-order chi connectivity index (χ1) is 26.0. The molecule has 2 fully saturated rings. The highest BCUT2D eigenvalue weighted by atomic mass is 16.5. The lowest BCUT2D eigenvalue weighted by atomic mass is 9.98. The predicted molar refractivity (Wildman–Crippen MR) is 202 cm³/mol. The Bertz CT molecular complexity index is 1900. The van der Waals surface area contributed by atoms with Crippen molar-refractivity contribution in [2.45, 2.75) is 84.0 Å². The van der Waals surface area contributed by atoms with Crippen LogP contribution in [0, 0.1) is 11.8 Å². The maximum Gasteiger partial charge on any atom is 0.407 e. The number of rotatable bonds is 11. The zero-order valence-electron chi connectivity index (χ0n) is 31.7. The number of nitrogens with one attached hydrogen (secondary N) is 3. The van der Waals surface area contributed by atoms with Crippen LogP contribution in [0.1, 0.15) is 77.2 Å². The molecule has 2 aromatic heterocycles. The summed E-state index contributed by atoms with van der Waals surface area (Å²) in [5.41, 5.74) is 5.37. The average molecular weight is 740 g/mol. The topological polar surface area (TPSA) is 184 Å². The maximum atomic E-state index is 13.5.